The van der Waals surface area contributed by atoms with E-state index >= 15 is 0 Å². The van der Waals surface area contributed by atoms with Crippen molar-refractivity contribution in [2.75, 3.05) is 46.3 Å². The fourth-order valence-corrected chi connectivity index (χ4v) is 4.83. The molecule has 0 bridgehead atoms. The summed E-state index contributed by atoms with van der Waals surface area (Å²) in [4.78, 5) is 31.6. The van der Waals surface area contributed by atoms with Crippen molar-refractivity contribution in [1.82, 2.24) is 20.0 Å². The third kappa shape index (κ3) is 6.63. The summed E-state index contributed by atoms with van der Waals surface area (Å²) in [6.07, 6.45) is 0. The molecule has 0 radical (unpaired) electrons. The SMILES string of the molecule is CCN1CCN(Cc2ccc(CNC(=O)CN(C)C(=O)c3ccc(Br)s3)cc2)CC1. The molecule has 1 aliphatic heterocycles. The summed E-state index contributed by atoms with van der Waals surface area (Å²) >= 11 is 4.72. The molecule has 1 aromatic heterocycles. The molecule has 0 atom stereocenters. The number of carbonyl (C=O) groups is 2. The lowest BCUT2D eigenvalue weighted by molar-refractivity contribution is -0.121. The molecular weight excluding hydrogens is 464 g/mol. The van der Waals surface area contributed by atoms with Crippen molar-refractivity contribution in [2.24, 2.45) is 0 Å². The van der Waals surface area contributed by atoms with E-state index in [2.05, 4.69) is 62.2 Å². The fraction of sp³-hybridized carbons (Fsp3) is 0.455. The first-order valence-electron chi connectivity index (χ1n) is 10.2. The minimum atomic E-state index is -0.167. The van der Waals surface area contributed by atoms with Gasteiger partial charge in [-0.2, -0.15) is 0 Å². The van der Waals surface area contributed by atoms with E-state index in [9.17, 15) is 9.59 Å². The zero-order chi connectivity index (χ0) is 21.5. The lowest BCUT2D eigenvalue weighted by Crippen LogP contribution is -2.45. The van der Waals surface area contributed by atoms with Gasteiger partial charge in [0.15, 0.2) is 0 Å². The van der Waals surface area contributed by atoms with E-state index in [0.717, 1.165) is 48.6 Å². The van der Waals surface area contributed by atoms with Crippen molar-refractivity contribution in [3.63, 3.8) is 0 Å². The molecule has 2 heterocycles. The standard InChI is InChI=1S/C22H29BrN4O2S/c1-3-26-10-12-27(13-11-26)15-18-6-4-17(5-7-18)14-24-21(28)16-25(2)22(29)19-8-9-20(23)30-19/h4-9H,3,10-16H2,1-2H3,(H,24,28). The van der Waals surface area contributed by atoms with E-state index in [0.29, 0.717) is 11.4 Å². The lowest BCUT2D eigenvalue weighted by atomic mass is 10.1. The maximum absolute atomic E-state index is 12.3. The van der Waals surface area contributed by atoms with Gasteiger partial charge >= 0.3 is 0 Å². The average Bonchev–Trinajstić information content (AvgIpc) is 3.19. The van der Waals surface area contributed by atoms with Crippen LogP contribution in [0.1, 0.15) is 27.7 Å². The number of likely N-dealkylation sites (N-methyl/N-ethyl adjacent to an activating group) is 2. The van der Waals surface area contributed by atoms with Crippen LogP contribution in [0.5, 0.6) is 0 Å². The van der Waals surface area contributed by atoms with Gasteiger partial charge in [-0.15, -0.1) is 11.3 Å². The summed E-state index contributed by atoms with van der Waals surface area (Å²) in [5.41, 5.74) is 2.35. The minimum absolute atomic E-state index is 0.0379. The molecule has 1 aromatic carbocycles. The molecule has 0 unspecified atom stereocenters. The number of carbonyl (C=O) groups excluding carboxylic acids is 2. The highest BCUT2D eigenvalue weighted by atomic mass is 79.9. The quantitative estimate of drug-likeness (QED) is 0.615. The summed E-state index contributed by atoms with van der Waals surface area (Å²) in [6, 6.07) is 12.0. The minimum Gasteiger partial charge on any atom is -0.350 e. The summed E-state index contributed by atoms with van der Waals surface area (Å²) < 4.78 is 0.898. The number of nitrogens with one attached hydrogen (secondary N) is 1. The van der Waals surface area contributed by atoms with Crippen molar-refractivity contribution in [1.29, 1.82) is 0 Å². The van der Waals surface area contributed by atoms with Gasteiger partial charge in [0.05, 0.1) is 15.2 Å². The molecule has 162 valence electrons. The highest BCUT2D eigenvalue weighted by Crippen LogP contribution is 2.23. The molecule has 0 saturated carbocycles. The number of benzene rings is 1. The lowest BCUT2D eigenvalue weighted by Gasteiger charge is -2.34. The summed E-state index contributed by atoms with van der Waals surface area (Å²) in [6.45, 7) is 9.31. The number of piperazine rings is 1. The molecule has 30 heavy (non-hydrogen) atoms. The second-order valence-corrected chi connectivity index (χ2v) is 10.0. The number of rotatable bonds is 8. The van der Waals surface area contributed by atoms with Crippen LogP contribution in [-0.2, 0) is 17.9 Å². The Morgan fingerprint density at radius 3 is 2.27 bits per heavy atom. The molecule has 1 fully saturated rings. The molecule has 2 amide bonds. The molecule has 2 aromatic rings. The van der Waals surface area contributed by atoms with Crippen molar-refractivity contribution >= 4 is 39.1 Å². The third-order valence-electron chi connectivity index (χ3n) is 5.34. The van der Waals surface area contributed by atoms with Crippen LogP contribution < -0.4 is 5.32 Å². The Kier molecular flexibility index (Phi) is 8.44. The molecule has 6 nitrogen and oxygen atoms in total. The molecule has 1 N–H and O–H groups in total. The second kappa shape index (κ2) is 11.0. The summed E-state index contributed by atoms with van der Waals surface area (Å²) in [7, 11) is 1.64. The second-order valence-electron chi connectivity index (χ2n) is 7.57. The van der Waals surface area contributed by atoms with Gasteiger partial charge in [0, 0.05) is 46.3 Å². The van der Waals surface area contributed by atoms with E-state index < -0.39 is 0 Å². The zero-order valence-electron chi connectivity index (χ0n) is 17.6. The van der Waals surface area contributed by atoms with Crippen molar-refractivity contribution in [2.45, 2.75) is 20.0 Å². The molecule has 8 heteroatoms. The first-order chi connectivity index (χ1) is 14.4. The van der Waals surface area contributed by atoms with Crippen molar-refractivity contribution in [3.05, 3.63) is 56.2 Å². The molecule has 0 aliphatic carbocycles. The van der Waals surface area contributed by atoms with Crippen LogP contribution in [0.15, 0.2) is 40.2 Å². The average molecular weight is 493 g/mol. The molecular formula is C22H29BrN4O2S. The third-order valence-corrected chi connectivity index (χ3v) is 6.95. The van der Waals surface area contributed by atoms with Gasteiger partial charge in [0.25, 0.3) is 5.91 Å². The zero-order valence-corrected chi connectivity index (χ0v) is 20.0. The van der Waals surface area contributed by atoms with E-state index in [1.54, 1.807) is 13.1 Å². The van der Waals surface area contributed by atoms with Gasteiger partial charge in [0.2, 0.25) is 5.91 Å². The number of halogens is 1. The Balaban J connectivity index is 1.41. The maximum Gasteiger partial charge on any atom is 0.264 e. The number of amides is 2. The van der Waals surface area contributed by atoms with Crippen LogP contribution >= 0.6 is 27.3 Å². The van der Waals surface area contributed by atoms with E-state index in [1.807, 2.05) is 6.07 Å². The van der Waals surface area contributed by atoms with E-state index in [1.165, 1.54) is 21.8 Å². The highest BCUT2D eigenvalue weighted by molar-refractivity contribution is 9.11. The number of hydrogen-bond acceptors (Lipinski definition) is 5. The van der Waals surface area contributed by atoms with Gasteiger partial charge in [-0.1, -0.05) is 31.2 Å². The predicted molar refractivity (Wildman–Crippen MR) is 125 cm³/mol. The van der Waals surface area contributed by atoms with Gasteiger partial charge in [0.1, 0.15) is 0 Å². The van der Waals surface area contributed by atoms with Crippen LogP contribution in [-0.4, -0.2) is 72.8 Å². The van der Waals surface area contributed by atoms with Gasteiger partial charge in [-0.3, -0.25) is 14.5 Å². The van der Waals surface area contributed by atoms with Crippen LogP contribution in [0.25, 0.3) is 0 Å². The fourth-order valence-electron chi connectivity index (χ4n) is 3.45. The monoisotopic (exact) mass is 492 g/mol. The number of thiophene rings is 1. The Morgan fingerprint density at radius 1 is 1.03 bits per heavy atom. The summed E-state index contributed by atoms with van der Waals surface area (Å²) in [5.74, 6) is -0.315. The smallest absolute Gasteiger partial charge is 0.264 e. The molecule has 1 saturated heterocycles. The number of hydrogen-bond donors (Lipinski definition) is 1. The molecule has 0 spiro atoms. The van der Waals surface area contributed by atoms with Gasteiger partial charge in [-0.25, -0.2) is 0 Å². The highest BCUT2D eigenvalue weighted by Gasteiger charge is 2.17. The normalized spacial score (nSPS) is 15.2. The van der Waals surface area contributed by atoms with Crippen LogP contribution in [0, 0.1) is 0 Å². The predicted octanol–water partition coefficient (Wildman–Crippen LogP) is 3.04. The topological polar surface area (TPSA) is 55.9 Å². The Bertz CT molecular complexity index is 847. The van der Waals surface area contributed by atoms with Crippen LogP contribution in [0.3, 0.4) is 0 Å². The van der Waals surface area contributed by atoms with Crippen molar-refractivity contribution < 1.29 is 9.59 Å². The largest absolute Gasteiger partial charge is 0.350 e. The number of nitrogens with zero attached hydrogens (tertiary/aromatic N) is 3. The first-order valence-corrected chi connectivity index (χ1v) is 11.9. The molecule has 3 rings (SSSR count). The molecule has 1 aliphatic rings. The Labute approximate surface area is 191 Å². The summed E-state index contributed by atoms with van der Waals surface area (Å²) in [5, 5.41) is 2.90. The van der Waals surface area contributed by atoms with Crippen LogP contribution in [0.4, 0.5) is 0 Å². The maximum atomic E-state index is 12.3. The van der Waals surface area contributed by atoms with Gasteiger partial charge < -0.3 is 15.1 Å². The Hall–Kier alpha value is -1.74. The van der Waals surface area contributed by atoms with E-state index in [-0.39, 0.29) is 18.4 Å². The van der Waals surface area contributed by atoms with Crippen molar-refractivity contribution in [3.8, 4) is 0 Å². The van der Waals surface area contributed by atoms with E-state index in [4.69, 9.17) is 0 Å². The van der Waals surface area contributed by atoms with Crippen LogP contribution in [0.2, 0.25) is 0 Å². The Morgan fingerprint density at radius 2 is 1.67 bits per heavy atom. The first kappa shape index (κ1) is 22.9. The van der Waals surface area contributed by atoms with Gasteiger partial charge in [-0.05, 0) is 45.7 Å².